The number of anilines is 1. The van der Waals surface area contributed by atoms with E-state index in [0.717, 1.165) is 12.8 Å². The van der Waals surface area contributed by atoms with Crippen molar-refractivity contribution in [1.82, 2.24) is 40.6 Å². The van der Waals surface area contributed by atoms with Crippen LogP contribution in [0.2, 0.25) is 5.02 Å². The van der Waals surface area contributed by atoms with E-state index in [-0.39, 0.29) is 5.92 Å². The minimum Gasteiger partial charge on any atom is -0.453 e. The minimum absolute atomic E-state index is 0.0114. The number of H-pyrrole nitrogens is 1. The van der Waals surface area contributed by atoms with Crippen molar-refractivity contribution < 1.29 is 23.9 Å². The predicted octanol–water partition coefficient (Wildman–Crippen LogP) is 3.98. The monoisotopic (exact) mass is 661 g/mol. The number of carbonyl (C=O) groups excluding carboxylic acids is 3. The Morgan fingerprint density at radius 3 is 2.66 bits per heavy atom. The first-order chi connectivity index (χ1) is 22.7. The molecule has 4 aromatic rings. The standard InChI is InChI=1S/C31H32ClN9O6/c1-46-30(44)34-23-9-5-20(6-10-23)24-16-26(36-37-29(24)43)25(14-19-4-3-13-40(17-19)31(45)47-2)35-28(42)12-7-21-15-22(32)8-11-27(21)41-18-33-38-39-41/h5-12,15-16,18-19,25H,3-4,13-14,17H2,1-2H3,(H,34,44)(H,35,42)(H,37,43)/b12-7+/t19?,25-/m0/s1. The number of ether oxygens (including phenoxy) is 2. The van der Waals surface area contributed by atoms with E-state index < -0.39 is 29.7 Å². The van der Waals surface area contributed by atoms with Gasteiger partial charge < -0.3 is 19.7 Å². The molecule has 16 heteroatoms. The average molecular weight is 662 g/mol. The second-order valence-corrected chi connectivity index (χ2v) is 11.2. The molecule has 3 heterocycles. The fourth-order valence-corrected chi connectivity index (χ4v) is 5.56. The van der Waals surface area contributed by atoms with Crippen LogP contribution in [0.3, 0.4) is 0 Å². The van der Waals surface area contributed by atoms with Gasteiger partial charge in [0.15, 0.2) is 0 Å². The number of hydrogen-bond acceptors (Lipinski definition) is 10. The lowest BCUT2D eigenvalue weighted by molar-refractivity contribution is -0.117. The number of piperidine rings is 1. The highest BCUT2D eigenvalue weighted by molar-refractivity contribution is 6.30. The number of aromatic nitrogens is 6. The molecule has 0 aliphatic carbocycles. The van der Waals surface area contributed by atoms with Gasteiger partial charge in [0.1, 0.15) is 6.33 Å². The smallest absolute Gasteiger partial charge is 0.411 e. The molecular formula is C31H32ClN9O6. The zero-order chi connectivity index (χ0) is 33.3. The third-order valence-electron chi connectivity index (χ3n) is 7.65. The van der Waals surface area contributed by atoms with Crippen molar-refractivity contribution in [3.05, 3.63) is 87.6 Å². The van der Waals surface area contributed by atoms with Gasteiger partial charge in [-0.25, -0.2) is 14.7 Å². The summed E-state index contributed by atoms with van der Waals surface area (Å²) in [5.41, 5.74) is 2.58. The van der Waals surface area contributed by atoms with Gasteiger partial charge in [0.25, 0.3) is 5.56 Å². The maximum absolute atomic E-state index is 13.4. The van der Waals surface area contributed by atoms with Crippen LogP contribution in [0.25, 0.3) is 22.9 Å². The number of likely N-dealkylation sites (tertiary alicyclic amines) is 1. The van der Waals surface area contributed by atoms with Crippen LogP contribution in [0.4, 0.5) is 15.3 Å². The molecule has 2 aromatic carbocycles. The first kappa shape index (κ1) is 32.8. The number of hydrogen-bond donors (Lipinski definition) is 3. The van der Waals surface area contributed by atoms with Gasteiger partial charge in [-0.3, -0.25) is 14.9 Å². The maximum Gasteiger partial charge on any atom is 0.411 e. The van der Waals surface area contributed by atoms with Crippen molar-refractivity contribution in [2.45, 2.75) is 25.3 Å². The van der Waals surface area contributed by atoms with Crippen LogP contribution in [0.15, 0.2) is 65.7 Å². The zero-order valence-electron chi connectivity index (χ0n) is 25.6. The van der Waals surface area contributed by atoms with E-state index in [2.05, 4.69) is 41.1 Å². The van der Waals surface area contributed by atoms with E-state index in [0.29, 0.717) is 58.3 Å². The Labute approximate surface area is 273 Å². The Balaban J connectivity index is 1.42. The van der Waals surface area contributed by atoms with Crippen LogP contribution in [-0.4, -0.2) is 80.7 Å². The van der Waals surface area contributed by atoms with E-state index in [1.165, 1.54) is 31.3 Å². The number of amides is 3. The van der Waals surface area contributed by atoms with Gasteiger partial charge in [-0.15, -0.1) is 5.10 Å². The van der Waals surface area contributed by atoms with E-state index in [1.807, 2.05) is 0 Å². The lowest BCUT2D eigenvalue weighted by atomic mass is 9.89. The molecule has 47 heavy (non-hydrogen) atoms. The summed E-state index contributed by atoms with van der Waals surface area (Å²) in [6.07, 6.45) is 5.39. The van der Waals surface area contributed by atoms with E-state index in [1.54, 1.807) is 59.5 Å². The molecule has 3 N–H and O–H groups in total. The quantitative estimate of drug-likeness (QED) is 0.222. The Kier molecular flexibility index (Phi) is 10.6. The Hall–Kier alpha value is -5.57. The van der Waals surface area contributed by atoms with Crippen molar-refractivity contribution in [2.75, 3.05) is 32.6 Å². The SMILES string of the molecule is COC(=O)Nc1ccc(-c2cc([C@H](CC3CCCN(C(=O)OC)C3)NC(=O)/C=C/c3cc(Cl)ccc3-n3cnnn3)n[nH]c2=O)cc1. The second kappa shape index (κ2) is 15.1. The summed E-state index contributed by atoms with van der Waals surface area (Å²) in [5.74, 6) is -0.414. The molecule has 2 aromatic heterocycles. The number of rotatable bonds is 9. The molecule has 1 fully saturated rings. The van der Waals surface area contributed by atoms with Crippen LogP contribution in [0, 0.1) is 5.92 Å². The van der Waals surface area contributed by atoms with Gasteiger partial charge in [-0.1, -0.05) is 23.7 Å². The Morgan fingerprint density at radius 2 is 1.94 bits per heavy atom. The number of nitrogens with zero attached hydrogens (tertiary/aromatic N) is 6. The summed E-state index contributed by atoms with van der Waals surface area (Å²) in [6, 6.07) is 12.7. The topological polar surface area (TPSA) is 186 Å². The van der Waals surface area contributed by atoms with E-state index in [4.69, 9.17) is 16.3 Å². The van der Waals surface area contributed by atoms with Gasteiger partial charge in [0.2, 0.25) is 5.91 Å². The first-order valence-corrected chi connectivity index (χ1v) is 15.0. The molecule has 0 radical (unpaired) electrons. The largest absolute Gasteiger partial charge is 0.453 e. The molecule has 1 saturated heterocycles. The summed E-state index contributed by atoms with van der Waals surface area (Å²) in [4.78, 5) is 51.8. The average Bonchev–Trinajstić information content (AvgIpc) is 3.62. The highest BCUT2D eigenvalue weighted by atomic mass is 35.5. The van der Waals surface area contributed by atoms with Crippen molar-refractivity contribution in [2.24, 2.45) is 5.92 Å². The van der Waals surface area contributed by atoms with Crippen LogP contribution >= 0.6 is 11.6 Å². The minimum atomic E-state index is -0.635. The Bertz CT molecular complexity index is 1810. The molecule has 1 aliphatic heterocycles. The predicted molar refractivity (Wildman–Crippen MR) is 172 cm³/mol. The summed E-state index contributed by atoms with van der Waals surface area (Å²) in [7, 11) is 2.61. The molecule has 1 aliphatic rings. The molecule has 244 valence electrons. The fraction of sp³-hybridized carbons (Fsp3) is 0.290. The summed E-state index contributed by atoms with van der Waals surface area (Å²) in [6.45, 7) is 1.02. The lowest BCUT2D eigenvalue weighted by Gasteiger charge is -2.33. The molecule has 0 spiro atoms. The molecule has 3 amide bonds. The molecular weight excluding hydrogens is 630 g/mol. The van der Waals surface area contributed by atoms with E-state index >= 15 is 0 Å². The fourth-order valence-electron chi connectivity index (χ4n) is 5.38. The van der Waals surface area contributed by atoms with Crippen LogP contribution in [-0.2, 0) is 14.3 Å². The number of tetrazole rings is 1. The van der Waals surface area contributed by atoms with Gasteiger partial charge in [-0.05, 0) is 83.6 Å². The first-order valence-electron chi connectivity index (χ1n) is 14.6. The van der Waals surface area contributed by atoms with Gasteiger partial charge in [0.05, 0.1) is 37.2 Å². The molecule has 0 bridgehead atoms. The van der Waals surface area contributed by atoms with E-state index in [9.17, 15) is 19.2 Å². The maximum atomic E-state index is 13.4. The number of nitrogens with one attached hydrogen (secondary N) is 3. The van der Waals surface area contributed by atoms with Gasteiger partial charge in [0, 0.05) is 35.4 Å². The number of aromatic amines is 1. The Morgan fingerprint density at radius 1 is 1.13 bits per heavy atom. The van der Waals surface area contributed by atoms with Gasteiger partial charge in [-0.2, -0.15) is 9.78 Å². The van der Waals surface area contributed by atoms with Crippen molar-refractivity contribution in [1.29, 1.82) is 0 Å². The molecule has 0 saturated carbocycles. The van der Waals surface area contributed by atoms with Gasteiger partial charge >= 0.3 is 12.2 Å². The second-order valence-electron chi connectivity index (χ2n) is 10.7. The number of halogens is 1. The number of carbonyl (C=O) groups is 3. The highest BCUT2D eigenvalue weighted by Gasteiger charge is 2.28. The molecule has 15 nitrogen and oxygen atoms in total. The summed E-state index contributed by atoms with van der Waals surface area (Å²) in [5, 5.41) is 24.2. The van der Waals surface area contributed by atoms with Crippen LogP contribution in [0.1, 0.15) is 36.6 Å². The molecule has 5 rings (SSSR count). The third kappa shape index (κ3) is 8.38. The molecule has 1 unspecified atom stereocenters. The van der Waals surface area contributed by atoms with Crippen molar-refractivity contribution >= 4 is 41.5 Å². The zero-order valence-corrected chi connectivity index (χ0v) is 26.3. The molecule has 2 atom stereocenters. The van der Waals surface area contributed by atoms with Crippen LogP contribution < -0.4 is 16.2 Å². The van der Waals surface area contributed by atoms with Crippen molar-refractivity contribution in [3.63, 3.8) is 0 Å². The number of benzene rings is 2. The number of methoxy groups -OCH3 is 2. The summed E-state index contributed by atoms with van der Waals surface area (Å²) >= 11 is 6.23. The normalized spacial score (nSPS) is 15.2. The van der Waals surface area contributed by atoms with Crippen molar-refractivity contribution in [3.8, 4) is 16.8 Å². The summed E-state index contributed by atoms with van der Waals surface area (Å²) < 4.78 is 11.0. The lowest BCUT2D eigenvalue weighted by Crippen LogP contribution is -2.41. The highest BCUT2D eigenvalue weighted by Crippen LogP contribution is 2.29. The van der Waals surface area contributed by atoms with Crippen LogP contribution in [0.5, 0.6) is 0 Å². The third-order valence-corrected chi connectivity index (χ3v) is 7.88.